The highest BCUT2D eigenvalue weighted by Crippen LogP contribution is 2.31. The maximum Gasteiger partial charge on any atom is 0.411 e. The smallest absolute Gasteiger partial charge is 0.411 e. The fraction of sp³-hybridized carbons (Fsp3) is 0.611. The zero-order valence-corrected chi connectivity index (χ0v) is 18.8. The van der Waals surface area contributed by atoms with Crippen molar-refractivity contribution in [1.82, 2.24) is 10.6 Å². The average molecular weight is 552 g/mol. The Hall–Kier alpha value is -1.57. The normalized spacial score (nSPS) is 17.1. The quantitative estimate of drug-likeness (QED) is 0.161. The van der Waals surface area contributed by atoms with E-state index < -0.39 is 19.4 Å². The number of aliphatic imine (C=N–C) groups is 1. The summed E-state index contributed by atoms with van der Waals surface area (Å²) >= 11 is 0. The third-order valence-corrected chi connectivity index (χ3v) is 4.20. The van der Waals surface area contributed by atoms with E-state index in [1.165, 1.54) is 6.07 Å². The Morgan fingerprint density at radius 3 is 2.70 bits per heavy atom. The second-order valence-corrected chi connectivity index (χ2v) is 6.44. The Morgan fingerprint density at radius 2 is 2.03 bits per heavy atom. The maximum atomic E-state index is 12.6. The number of rotatable bonds is 9. The molecule has 0 spiro atoms. The summed E-state index contributed by atoms with van der Waals surface area (Å²) < 4.78 is 70.3. The molecular weight excluding hydrogens is 526 g/mol. The molecule has 2 N–H and O–H groups in total. The molecule has 30 heavy (non-hydrogen) atoms. The third kappa shape index (κ3) is 9.49. The Kier molecular flexibility index (Phi) is 11.4. The first-order valence-corrected chi connectivity index (χ1v) is 9.19. The molecule has 1 fully saturated rings. The van der Waals surface area contributed by atoms with Crippen LogP contribution in [0.4, 0.5) is 27.6 Å². The molecule has 0 aromatic heterocycles. The largest absolute Gasteiger partial charge is 0.433 e. The maximum absolute atomic E-state index is 12.6. The molecule has 1 heterocycles. The number of alkyl halides is 5. The van der Waals surface area contributed by atoms with Crippen LogP contribution < -0.4 is 20.3 Å². The lowest BCUT2D eigenvalue weighted by atomic mass is 10.2. The van der Waals surface area contributed by atoms with Crippen LogP contribution in [0, 0.1) is 0 Å². The van der Waals surface area contributed by atoms with Crippen molar-refractivity contribution in [2.24, 2.45) is 4.99 Å². The first kappa shape index (κ1) is 26.5. The van der Waals surface area contributed by atoms with Crippen LogP contribution in [0.1, 0.15) is 12.8 Å². The minimum absolute atomic E-state index is 0. The van der Waals surface area contributed by atoms with Gasteiger partial charge in [0.05, 0.1) is 5.69 Å². The lowest BCUT2D eigenvalue weighted by Crippen LogP contribution is -2.45. The van der Waals surface area contributed by atoms with Crippen molar-refractivity contribution in [1.29, 1.82) is 0 Å². The van der Waals surface area contributed by atoms with Crippen molar-refractivity contribution in [2.45, 2.75) is 31.7 Å². The number of benzene rings is 1. The number of ether oxygens (including phenoxy) is 2. The van der Waals surface area contributed by atoms with Crippen LogP contribution in [-0.4, -0.2) is 64.7 Å². The standard InChI is InChI=1S/C18H25F5N4O2.HI/c1-24-17(25-8-4-10-28-12-18(21,22)23)26-13-7-9-27(11-13)14-5-2-3-6-15(14)29-16(19)20;/h2-3,5-6,13,16H,4,7-12H2,1H3,(H2,24,25,26);1H. The molecule has 2 rings (SSSR count). The van der Waals surface area contributed by atoms with Crippen molar-refractivity contribution >= 4 is 35.6 Å². The molecule has 1 atom stereocenters. The second kappa shape index (κ2) is 13.0. The summed E-state index contributed by atoms with van der Waals surface area (Å²) in [6.07, 6.45) is -3.16. The van der Waals surface area contributed by atoms with Gasteiger partial charge < -0.3 is 25.0 Å². The van der Waals surface area contributed by atoms with E-state index in [1.54, 1.807) is 25.2 Å². The second-order valence-electron chi connectivity index (χ2n) is 6.44. The first-order chi connectivity index (χ1) is 13.8. The highest BCUT2D eigenvalue weighted by molar-refractivity contribution is 14.0. The molecule has 0 saturated carbocycles. The molecule has 1 saturated heterocycles. The van der Waals surface area contributed by atoms with Gasteiger partial charge in [-0.05, 0) is 25.0 Å². The fourth-order valence-electron chi connectivity index (χ4n) is 2.97. The molecule has 1 aromatic rings. The van der Waals surface area contributed by atoms with Gasteiger partial charge in [-0.1, -0.05) is 12.1 Å². The van der Waals surface area contributed by atoms with E-state index in [2.05, 4.69) is 25.1 Å². The predicted octanol–water partition coefficient (Wildman–Crippen LogP) is 3.62. The van der Waals surface area contributed by atoms with Crippen LogP contribution in [0.2, 0.25) is 0 Å². The van der Waals surface area contributed by atoms with Gasteiger partial charge in [0.15, 0.2) is 5.96 Å². The molecule has 1 unspecified atom stereocenters. The van der Waals surface area contributed by atoms with E-state index in [4.69, 9.17) is 0 Å². The summed E-state index contributed by atoms with van der Waals surface area (Å²) in [5.41, 5.74) is 0.599. The van der Waals surface area contributed by atoms with Crippen molar-refractivity contribution in [2.75, 3.05) is 44.8 Å². The molecule has 172 valence electrons. The minimum Gasteiger partial charge on any atom is -0.433 e. The number of nitrogens with one attached hydrogen (secondary N) is 2. The molecule has 0 amide bonds. The Balaban J connectivity index is 0.00000450. The topological polar surface area (TPSA) is 58.1 Å². The minimum atomic E-state index is -4.32. The summed E-state index contributed by atoms with van der Waals surface area (Å²) in [4.78, 5) is 6.05. The highest BCUT2D eigenvalue weighted by Gasteiger charge is 2.27. The van der Waals surface area contributed by atoms with Crippen molar-refractivity contribution in [3.63, 3.8) is 0 Å². The number of anilines is 1. The molecule has 6 nitrogen and oxygen atoms in total. The van der Waals surface area contributed by atoms with E-state index in [0.717, 1.165) is 6.42 Å². The van der Waals surface area contributed by atoms with Crippen LogP contribution in [-0.2, 0) is 4.74 Å². The van der Waals surface area contributed by atoms with Gasteiger partial charge in [0.2, 0.25) is 0 Å². The average Bonchev–Trinajstić information content (AvgIpc) is 3.11. The van der Waals surface area contributed by atoms with Crippen LogP contribution in [0.25, 0.3) is 0 Å². The zero-order chi connectivity index (χ0) is 21.3. The molecule has 1 aliphatic heterocycles. The van der Waals surface area contributed by atoms with E-state index in [-0.39, 0.29) is 42.4 Å². The Bertz CT molecular complexity index is 664. The number of nitrogens with zero attached hydrogens (tertiary/aromatic N) is 2. The molecule has 0 aliphatic carbocycles. The molecule has 0 bridgehead atoms. The van der Waals surface area contributed by atoms with Gasteiger partial charge in [0.25, 0.3) is 0 Å². The third-order valence-electron chi connectivity index (χ3n) is 4.20. The molecular formula is C18H26F5IN4O2. The van der Waals surface area contributed by atoms with Gasteiger partial charge in [-0.25, -0.2) is 0 Å². The van der Waals surface area contributed by atoms with E-state index in [9.17, 15) is 22.0 Å². The Labute approximate surface area is 189 Å². The summed E-state index contributed by atoms with van der Waals surface area (Å²) in [6.45, 7) is -2.53. The SMILES string of the molecule is CN=C(NCCCOCC(F)(F)F)NC1CCN(c2ccccc2OC(F)F)C1.I. The Morgan fingerprint density at radius 1 is 1.30 bits per heavy atom. The molecule has 12 heteroatoms. The van der Waals surface area contributed by atoms with Gasteiger partial charge in [-0.15, -0.1) is 24.0 Å². The van der Waals surface area contributed by atoms with E-state index >= 15 is 0 Å². The zero-order valence-electron chi connectivity index (χ0n) is 16.4. The highest BCUT2D eigenvalue weighted by atomic mass is 127. The lowest BCUT2D eigenvalue weighted by Gasteiger charge is -2.22. The van der Waals surface area contributed by atoms with E-state index in [1.807, 2.05) is 4.90 Å². The summed E-state index contributed by atoms with van der Waals surface area (Å²) in [5, 5.41) is 6.25. The van der Waals surface area contributed by atoms with Crippen molar-refractivity contribution < 1.29 is 31.4 Å². The van der Waals surface area contributed by atoms with Crippen LogP contribution in [0.15, 0.2) is 29.3 Å². The molecule has 1 aliphatic rings. The van der Waals surface area contributed by atoms with Crippen molar-refractivity contribution in [3.05, 3.63) is 24.3 Å². The lowest BCUT2D eigenvalue weighted by molar-refractivity contribution is -0.173. The van der Waals surface area contributed by atoms with Crippen molar-refractivity contribution in [3.8, 4) is 5.75 Å². The number of hydrogen-bond acceptors (Lipinski definition) is 4. The number of para-hydroxylation sites is 2. The number of hydrogen-bond donors (Lipinski definition) is 2. The van der Waals surface area contributed by atoms with E-state index in [0.29, 0.717) is 37.7 Å². The van der Waals surface area contributed by atoms with Gasteiger partial charge in [-0.2, -0.15) is 22.0 Å². The molecule has 0 radical (unpaired) electrons. The van der Waals surface area contributed by atoms with Crippen LogP contribution in [0.3, 0.4) is 0 Å². The number of guanidine groups is 1. The predicted molar refractivity (Wildman–Crippen MR) is 115 cm³/mol. The van der Waals surface area contributed by atoms with Gasteiger partial charge in [0.1, 0.15) is 12.4 Å². The monoisotopic (exact) mass is 552 g/mol. The summed E-state index contributed by atoms with van der Waals surface area (Å²) in [5.74, 6) is 0.648. The summed E-state index contributed by atoms with van der Waals surface area (Å²) in [6, 6.07) is 6.66. The van der Waals surface area contributed by atoms with Crippen LogP contribution in [0.5, 0.6) is 5.75 Å². The number of halogens is 6. The van der Waals surface area contributed by atoms with Gasteiger partial charge in [-0.3, -0.25) is 4.99 Å². The summed E-state index contributed by atoms with van der Waals surface area (Å²) in [7, 11) is 1.59. The molecule has 1 aromatic carbocycles. The van der Waals surface area contributed by atoms with Gasteiger partial charge >= 0.3 is 12.8 Å². The van der Waals surface area contributed by atoms with Crippen LogP contribution >= 0.6 is 24.0 Å². The fourth-order valence-corrected chi connectivity index (χ4v) is 2.97. The van der Waals surface area contributed by atoms with Gasteiger partial charge in [0, 0.05) is 39.3 Å². The first-order valence-electron chi connectivity index (χ1n) is 9.19.